The van der Waals surface area contributed by atoms with Crippen LogP contribution in [0.2, 0.25) is 0 Å². The summed E-state index contributed by atoms with van der Waals surface area (Å²) in [5.74, 6) is -1.97. The maximum Gasteiger partial charge on any atom is 0.255 e. The minimum absolute atomic E-state index is 0.116. The molecule has 6 rings (SSSR count). The van der Waals surface area contributed by atoms with Crippen LogP contribution in [0.5, 0.6) is 0 Å². The van der Waals surface area contributed by atoms with Crippen LogP contribution in [-0.2, 0) is 35.1 Å². The lowest BCUT2D eigenvalue weighted by Crippen LogP contribution is -2.52. The number of fused-ring (bicyclic) bond motifs is 1. The minimum atomic E-state index is -0.725. The largest absolute Gasteiger partial charge is 0.379 e. The van der Waals surface area contributed by atoms with Gasteiger partial charge in [-0.2, -0.15) is 0 Å². The van der Waals surface area contributed by atoms with Gasteiger partial charge in [-0.05, 0) is 72.4 Å². The van der Waals surface area contributed by atoms with Gasteiger partial charge in [0.25, 0.3) is 5.91 Å². The molecule has 3 heterocycles. The number of ether oxygens (including phenoxy) is 3. The van der Waals surface area contributed by atoms with E-state index in [-0.39, 0.29) is 61.8 Å². The van der Waals surface area contributed by atoms with Crippen molar-refractivity contribution in [2.75, 3.05) is 64.6 Å². The SMILES string of the molecule is O=C1CCC(N2Cc3c(NC(=O)CCOCCOCCOCCN4CCC(=C(c5ccc(F)cc5)c5ccc(F)cc5)CC4)cccc3C2=O)C(=O)N1. The summed E-state index contributed by atoms with van der Waals surface area (Å²) < 4.78 is 44.2. The molecule has 0 radical (unpaired) electrons. The first-order valence-corrected chi connectivity index (χ1v) is 18.0. The fraction of sp³-hybridized carbons (Fsp3) is 0.400. The van der Waals surface area contributed by atoms with Crippen molar-refractivity contribution in [3.05, 3.63) is 106 Å². The highest BCUT2D eigenvalue weighted by atomic mass is 19.1. The number of anilines is 1. The van der Waals surface area contributed by atoms with Gasteiger partial charge in [0.05, 0.1) is 46.1 Å². The van der Waals surface area contributed by atoms with Crippen LogP contribution in [0.25, 0.3) is 5.57 Å². The number of benzene rings is 3. The number of amides is 4. The second kappa shape index (κ2) is 18.3. The molecular weight excluding hydrogens is 686 g/mol. The molecule has 4 amide bonds. The van der Waals surface area contributed by atoms with Crippen LogP contribution in [0.3, 0.4) is 0 Å². The molecule has 13 heteroatoms. The first-order chi connectivity index (χ1) is 25.8. The summed E-state index contributed by atoms with van der Waals surface area (Å²) in [6, 6.07) is 17.3. The molecule has 1 unspecified atom stereocenters. The van der Waals surface area contributed by atoms with Crippen LogP contribution in [0.4, 0.5) is 14.5 Å². The molecule has 2 fully saturated rings. The highest BCUT2D eigenvalue weighted by molar-refractivity contribution is 6.06. The van der Waals surface area contributed by atoms with Gasteiger partial charge in [-0.3, -0.25) is 24.5 Å². The van der Waals surface area contributed by atoms with E-state index >= 15 is 0 Å². The molecule has 280 valence electrons. The van der Waals surface area contributed by atoms with E-state index in [9.17, 15) is 28.0 Å². The fourth-order valence-corrected chi connectivity index (χ4v) is 6.92. The number of likely N-dealkylation sites (tertiary alicyclic amines) is 1. The molecule has 11 nitrogen and oxygen atoms in total. The Hall–Kier alpha value is -4.82. The molecule has 3 aromatic carbocycles. The topological polar surface area (TPSA) is 127 Å². The second-order valence-electron chi connectivity index (χ2n) is 13.2. The number of piperidine rings is 2. The lowest BCUT2D eigenvalue weighted by atomic mass is 9.88. The first kappa shape index (κ1) is 37.9. The second-order valence-corrected chi connectivity index (χ2v) is 13.2. The van der Waals surface area contributed by atoms with Crippen LogP contribution >= 0.6 is 0 Å². The van der Waals surface area contributed by atoms with Gasteiger partial charge in [0, 0.05) is 49.4 Å². The monoisotopic (exact) mass is 730 g/mol. The van der Waals surface area contributed by atoms with E-state index in [1.54, 1.807) is 42.5 Å². The number of halogens is 2. The molecule has 1 atom stereocenters. The quantitative estimate of drug-likeness (QED) is 0.161. The Morgan fingerprint density at radius 2 is 1.38 bits per heavy atom. The lowest BCUT2D eigenvalue weighted by molar-refractivity contribution is -0.137. The highest BCUT2D eigenvalue weighted by Crippen LogP contribution is 2.34. The molecule has 2 N–H and O–H groups in total. The van der Waals surface area contributed by atoms with Gasteiger partial charge in [0.2, 0.25) is 17.7 Å². The van der Waals surface area contributed by atoms with E-state index in [1.807, 2.05) is 0 Å². The summed E-state index contributed by atoms with van der Waals surface area (Å²) in [6.07, 6.45) is 2.27. The lowest BCUT2D eigenvalue weighted by Gasteiger charge is -2.30. The van der Waals surface area contributed by atoms with Gasteiger partial charge < -0.3 is 29.3 Å². The number of hydrogen-bond acceptors (Lipinski definition) is 8. The summed E-state index contributed by atoms with van der Waals surface area (Å²) >= 11 is 0. The van der Waals surface area contributed by atoms with Crippen molar-refractivity contribution in [3.8, 4) is 0 Å². The Bertz CT molecular complexity index is 1760. The number of imide groups is 1. The Morgan fingerprint density at radius 1 is 0.774 bits per heavy atom. The Morgan fingerprint density at radius 3 is 2.00 bits per heavy atom. The van der Waals surface area contributed by atoms with Gasteiger partial charge in [-0.1, -0.05) is 35.9 Å². The van der Waals surface area contributed by atoms with Crippen molar-refractivity contribution >= 4 is 34.9 Å². The van der Waals surface area contributed by atoms with E-state index in [2.05, 4.69) is 15.5 Å². The van der Waals surface area contributed by atoms with E-state index in [1.165, 1.54) is 34.7 Å². The Kier molecular flexibility index (Phi) is 13.1. The molecule has 0 bridgehead atoms. The molecule has 2 saturated heterocycles. The molecule has 0 saturated carbocycles. The predicted octanol–water partition coefficient (Wildman–Crippen LogP) is 4.70. The molecule has 0 aromatic heterocycles. The molecule has 53 heavy (non-hydrogen) atoms. The van der Waals surface area contributed by atoms with E-state index in [4.69, 9.17) is 14.2 Å². The number of carbonyl (C=O) groups excluding carboxylic acids is 4. The van der Waals surface area contributed by atoms with Crippen LogP contribution in [0.15, 0.2) is 72.3 Å². The Balaban J connectivity index is 0.825. The Labute approximate surface area is 307 Å². The predicted molar refractivity (Wildman–Crippen MR) is 193 cm³/mol. The third kappa shape index (κ3) is 9.99. The third-order valence-electron chi connectivity index (χ3n) is 9.70. The van der Waals surface area contributed by atoms with Crippen molar-refractivity contribution in [2.24, 2.45) is 0 Å². The number of rotatable bonds is 16. The van der Waals surface area contributed by atoms with Crippen molar-refractivity contribution < 1.29 is 42.2 Å². The van der Waals surface area contributed by atoms with E-state index in [0.717, 1.165) is 49.2 Å². The van der Waals surface area contributed by atoms with Gasteiger partial charge >= 0.3 is 0 Å². The molecule has 0 aliphatic carbocycles. The van der Waals surface area contributed by atoms with Crippen molar-refractivity contribution in [1.82, 2.24) is 15.1 Å². The van der Waals surface area contributed by atoms with Crippen molar-refractivity contribution in [1.29, 1.82) is 0 Å². The third-order valence-corrected chi connectivity index (χ3v) is 9.70. The van der Waals surface area contributed by atoms with E-state index in [0.29, 0.717) is 49.8 Å². The minimum Gasteiger partial charge on any atom is -0.379 e. The number of nitrogens with one attached hydrogen (secondary N) is 2. The summed E-state index contributed by atoms with van der Waals surface area (Å²) in [5.41, 5.74) is 5.75. The van der Waals surface area contributed by atoms with Crippen LogP contribution in [0, 0.1) is 11.6 Å². The zero-order valence-corrected chi connectivity index (χ0v) is 29.5. The number of hydrogen-bond donors (Lipinski definition) is 2. The van der Waals surface area contributed by atoms with Crippen LogP contribution in [0.1, 0.15) is 59.2 Å². The van der Waals surface area contributed by atoms with Crippen molar-refractivity contribution in [3.63, 3.8) is 0 Å². The summed E-state index contributed by atoms with van der Waals surface area (Å²) in [5, 5.41) is 5.14. The number of nitrogens with zero attached hydrogens (tertiary/aromatic N) is 2. The zero-order valence-electron chi connectivity index (χ0n) is 29.5. The summed E-state index contributed by atoms with van der Waals surface area (Å²) in [7, 11) is 0. The average molecular weight is 731 g/mol. The maximum atomic E-state index is 13.6. The van der Waals surface area contributed by atoms with E-state index < -0.39 is 11.9 Å². The maximum absolute atomic E-state index is 13.6. The number of carbonyl (C=O) groups is 4. The molecule has 3 aliphatic rings. The van der Waals surface area contributed by atoms with Gasteiger partial charge in [-0.15, -0.1) is 0 Å². The standard InChI is InChI=1S/C40H44F2N4O7/c41-30-8-4-27(5-9-30)38(28-6-10-31(42)11-7-28)29-14-17-45(18-15-29)19-21-52-23-25-53-24-22-51-20-16-37(48)43-34-3-1-2-32-33(34)26-46(40(32)50)35-12-13-36(47)44-39(35)49/h1-11,35H,12-26H2,(H,43,48)(H,44,47,49). The molecule has 0 spiro atoms. The van der Waals surface area contributed by atoms with Gasteiger partial charge in [0.15, 0.2) is 0 Å². The summed E-state index contributed by atoms with van der Waals surface area (Å²) in [4.78, 5) is 53.3. The fourth-order valence-electron chi connectivity index (χ4n) is 6.92. The first-order valence-electron chi connectivity index (χ1n) is 18.0. The van der Waals surface area contributed by atoms with Crippen LogP contribution in [-0.4, -0.2) is 98.7 Å². The van der Waals surface area contributed by atoms with Gasteiger partial charge in [-0.25, -0.2) is 8.78 Å². The smallest absolute Gasteiger partial charge is 0.255 e. The van der Waals surface area contributed by atoms with Gasteiger partial charge in [0.1, 0.15) is 17.7 Å². The molecule has 3 aliphatic heterocycles. The molecule has 3 aromatic rings. The molecular formula is C40H44F2N4O7. The zero-order chi connectivity index (χ0) is 37.2. The summed E-state index contributed by atoms with van der Waals surface area (Å²) in [6.45, 7) is 5.03. The van der Waals surface area contributed by atoms with Crippen LogP contribution < -0.4 is 10.6 Å². The highest BCUT2D eigenvalue weighted by Gasteiger charge is 2.40. The average Bonchev–Trinajstić information content (AvgIpc) is 3.49. The van der Waals surface area contributed by atoms with Crippen molar-refractivity contribution in [2.45, 2.75) is 44.7 Å². The normalized spacial score (nSPS) is 17.5.